The fourth-order valence-electron chi connectivity index (χ4n) is 3.82. The van der Waals surface area contributed by atoms with Crippen molar-refractivity contribution in [3.63, 3.8) is 0 Å². The summed E-state index contributed by atoms with van der Waals surface area (Å²) in [5.74, 6) is 0.499. The molecule has 0 N–H and O–H groups in total. The van der Waals surface area contributed by atoms with Gasteiger partial charge in [0.05, 0.1) is 11.1 Å². The third-order valence-electron chi connectivity index (χ3n) is 5.58. The first-order chi connectivity index (χ1) is 14.4. The molecule has 1 aromatic carbocycles. The van der Waals surface area contributed by atoms with Gasteiger partial charge in [-0.05, 0) is 31.2 Å². The van der Waals surface area contributed by atoms with Crippen LogP contribution in [0.1, 0.15) is 27.6 Å². The summed E-state index contributed by atoms with van der Waals surface area (Å²) in [6.45, 7) is 3.81. The maximum Gasteiger partial charge on any atom is 0.262 e. The number of piperazine rings is 1. The molecule has 0 bridgehead atoms. The van der Waals surface area contributed by atoms with Crippen LogP contribution in [0, 0.1) is 0 Å². The van der Waals surface area contributed by atoms with Gasteiger partial charge in [-0.1, -0.05) is 12.1 Å². The number of imide groups is 1. The van der Waals surface area contributed by atoms with Crippen LogP contribution in [0.3, 0.4) is 0 Å². The fraction of sp³-hybridized carbons (Fsp3) is 0.381. The smallest absolute Gasteiger partial charge is 0.262 e. The van der Waals surface area contributed by atoms with Crippen molar-refractivity contribution in [1.29, 1.82) is 0 Å². The first kappa shape index (κ1) is 19.8. The summed E-state index contributed by atoms with van der Waals surface area (Å²) < 4.78 is 0. The predicted molar refractivity (Wildman–Crippen MR) is 112 cm³/mol. The van der Waals surface area contributed by atoms with E-state index in [1.807, 2.05) is 31.1 Å². The van der Waals surface area contributed by atoms with Crippen LogP contribution in [-0.4, -0.2) is 84.0 Å². The summed E-state index contributed by atoms with van der Waals surface area (Å²) in [5, 5.41) is 8.46. The van der Waals surface area contributed by atoms with E-state index in [2.05, 4.69) is 15.1 Å². The zero-order valence-electron chi connectivity index (χ0n) is 17.3. The Kier molecular flexibility index (Phi) is 5.11. The predicted octanol–water partition coefficient (Wildman–Crippen LogP) is 0.876. The van der Waals surface area contributed by atoms with Gasteiger partial charge in [0.25, 0.3) is 11.8 Å². The van der Waals surface area contributed by atoms with Crippen molar-refractivity contribution < 1.29 is 14.4 Å². The van der Waals surface area contributed by atoms with E-state index in [1.54, 1.807) is 36.1 Å². The fourth-order valence-corrected chi connectivity index (χ4v) is 3.82. The van der Waals surface area contributed by atoms with Crippen LogP contribution in [0.4, 0.5) is 11.6 Å². The molecule has 0 spiro atoms. The second-order valence-corrected chi connectivity index (χ2v) is 7.66. The maximum atomic E-state index is 13.0. The number of carbonyl (C=O) groups excluding carboxylic acids is 3. The van der Waals surface area contributed by atoms with Crippen molar-refractivity contribution in [2.24, 2.45) is 0 Å². The van der Waals surface area contributed by atoms with E-state index in [-0.39, 0.29) is 5.91 Å². The number of hydrogen-bond donors (Lipinski definition) is 0. The summed E-state index contributed by atoms with van der Waals surface area (Å²) in [5.41, 5.74) is 0.707. The highest BCUT2D eigenvalue weighted by Gasteiger charge is 2.42. The molecule has 30 heavy (non-hydrogen) atoms. The number of amides is 3. The van der Waals surface area contributed by atoms with Crippen molar-refractivity contribution in [3.8, 4) is 0 Å². The Balaban J connectivity index is 1.40. The molecule has 9 heteroatoms. The molecule has 1 saturated heterocycles. The molecule has 3 amide bonds. The Labute approximate surface area is 174 Å². The van der Waals surface area contributed by atoms with Gasteiger partial charge in [0.2, 0.25) is 5.91 Å². The molecule has 4 rings (SSSR count). The van der Waals surface area contributed by atoms with Crippen LogP contribution in [0.15, 0.2) is 36.4 Å². The number of hydrogen-bond acceptors (Lipinski definition) is 7. The summed E-state index contributed by atoms with van der Waals surface area (Å²) >= 11 is 0. The van der Waals surface area contributed by atoms with Crippen molar-refractivity contribution in [3.05, 3.63) is 47.5 Å². The third-order valence-corrected chi connectivity index (χ3v) is 5.58. The Morgan fingerprint density at radius 1 is 0.933 bits per heavy atom. The number of anilines is 2. The summed E-state index contributed by atoms with van der Waals surface area (Å²) in [4.78, 5) is 45.1. The molecule has 0 aliphatic carbocycles. The average molecular weight is 408 g/mol. The van der Waals surface area contributed by atoms with E-state index in [4.69, 9.17) is 0 Å². The molecule has 1 aromatic heterocycles. The molecule has 3 heterocycles. The zero-order valence-corrected chi connectivity index (χ0v) is 17.3. The van der Waals surface area contributed by atoms with Crippen LogP contribution in [0.25, 0.3) is 0 Å². The number of fused-ring (bicyclic) bond motifs is 1. The molecule has 2 aromatic rings. The largest absolute Gasteiger partial charge is 0.361 e. The molecule has 1 unspecified atom stereocenters. The third kappa shape index (κ3) is 3.36. The van der Waals surface area contributed by atoms with Gasteiger partial charge in [-0.2, -0.15) is 0 Å². The summed E-state index contributed by atoms with van der Waals surface area (Å²) in [7, 11) is 3.81. The minimum atomic E-state index is -0.844. The molecule has 1 fully saturated rings. The van der Waals surface area contributed by atoms with Gasteiger partial charge >= 0.3 is 0 Å². The van der Waals surface area contributed by atoms with Gasteiger partial charge in [-0.3, -0.25) is 19.3 Å². The van der Waals surface area contributed by atoms with E-state index in [1.165, 1.54) is 0 Å². The highest BCUT2D eigenvalue weighted by Crippen LogP contribution is 2.25. The van der Waals surface area contributed by atoms with Crippen molar-refractivity contribution in [2.75, 3.05) is 50.1 Å². The molecule has 2 aliphatic rings. The number of nitrogens with zero attached hydrogens (tertiary/aromatic N) is 6. The van der Waals surface area contributed by atoms with Crippen LogP contribution < -0.4 is 9.80 Å². The normalized spacial score (nSPS) is 17.2. The van der Waals surface area contributed by atoms with E-state index in [9.17, 15) is 14.4 Å². The molecular weight excluding hydrogens is 384 g/mol. The lowest BCUT2D eigenvalue weighted by Crippen LogP contribution is -2.55. The molecule has 156 valence electrons. The highest BCUT2D eigenvalue weighted by atomic mass is 16.2. The number of rotatable bonds is 4. The number of benzene rings is 1. The lowest BCUT2D eigenvalue weighted by molar-refractivity contribution is -0.135. The Morgan fingerprint density at radius 3 is 2.03 bits per heavy atom. The average Bonchev–Trinajstić information content (AvgIpc) is 3.03. The second-order valence-electron chi connectivity index (χ2n) is 7.66. The lowest BCUT2D eigenvalue weighted by atomic mass is 10.1. The molecule has 0 saturated carbocycles. The van der Waals surface area contributed by atoms with Crippen LogP contribution >= 0.6 is 0 Å². The first-order valence-corrected chi connectivity index (χ1v) is 9.90. The Bertz CT molecular complexity index is 947. The molecular formula is C21H24N6O3. The zero-order chi connectivity index (χ0) is 21.4. The highest BCUT2D eigenvalue weighted by molar-refractivity contribution is 6.22. The Morgan fingerprint density at radius 2 is 1.53 bits per heavy atom. The molecule has 1 atom stereocenters. The Hall–Kier alpha value is -3.49. The van der Waals surface area contributed by atoms with Gasteiger partial charge < -0.3 is 14.7 Å². The number of aromatic nitrogens is 2. The quantitative estimate of drug-likeness (QED) is 0.694. The minimum Gasteiger partial charge on any atom is -0.361 e. The summed E-state index contributed by atoms with van der Waals surface area (Å²) in [6.07, 6.45) is 0. The van der Waals surface area contributed by atoms with Crippen LogP contribution in [0.2, 0.25) is 0 Å². The van der Waals surface area contributed by atoms with Gasteiger partial charge in [0.15, 0.2) is 11.6 Å². The molecule has 9 nitrogen and oxygen atoms in total. The first-order valence-electron chi connectivity index (χ1n) is 9.90. The van der Waals surface area contributed by atoms with Gasteiger partial charge in [0.1, 0.15) is 6.04 Å². The van der Waals surface area contributed by atoms with Gasteiger partial charge in [-0.25, -0.2) is 0 Å². The van der Waals surface area contributed by atoms with Crippen LogP contribution in [-0.2, 0) is 4.79 Å². The van der Waals surface area contributed by atoms with Gasteiger partial charge in [-0.15, -0.1) is 10.2 Å². The standard InChI is InChI=1S/C21H24N6O3/c1-14(27-20(29)15-6-4-5-7-16(15)21(27)30)19(28)26-12-10-25(11-13-26)18-9-8-17(22-23-18)24(2)3/h4-9,14H,10-13H2,1-3H3. The topological polar surface area (TPSA) is 90.0 Å². The van der Waals surface area contributed by atoms with E-state index < -0.39 is 17.9 Å². The van der Waals surface area contributed by atoms with Crippen molar-refractivity contribution in [2.45, 2.75) is 13.0 Å². The second kappa shape index (κ2) is 7.74. The maximum absolute atomic E-state index is 13.0. The summed E-state index contributed by atoms with van der Waals surface area (Å²) in [6, 6.07) is 9.65. The van der Waals surface area contributed by atoms with Crippen LogP contribution in [0.5, 0.6) is 0 Å². The lowest BCUT2D eigenvalue weighted by Gasteiger charge is -2.37. The van der Waals surface area contributed by atoms with Crippen molar-refractivity contribution in [1.82, 2.24) is 20.0 Å². The van der Waals surface area contributed by atoms with E-state index in [0.717, 1.165) is 16.5 Å². The van der Waals surface area contributed by atoms with Crippen molar-refractivity contribution >= 4 is 29.4 Å². The van der Waals surface area contributed by atoms with E-state index >= 15 is 0 Å². The SMILES string of the molecule is CC(C(=O)N1CCN(c2ccc(N(C)C)nn2)CC1)N1C(=O)c2ccccc2C1=O. The van der Waals surface area contributed by atoms with E-state index in [0.29, 0.717) is 37.3 Å². The number of carbonyl (C=O) groups is 3. The minimum absolute atomic E-state index is 0.224. The van der Waals surface area contributed by atoms with Gasteiger partial charge in [0, 0.05) is 40.3 Å². The monoisotopic (exact) mass is 408 g/mol. The molecule has 2 aliphatic heterocycles. The molecule has 0 radical (unpaired) electrons.